The van der Waals surface area contributed by atoms with E-state index in [1.807, 2.05) is 0 Å². The molecule has 120 valence electrons. The molecule has 0 bridgehead atoms. The van der Waals surface area contributed by atoms with E-state index in [0.29, 0.717) is 23.0 Å². The Hall–Kier alpha value is -1.93. The fourth-order valence-electron chi connectivity index (χ4n) is 2.30. The molecule has 0 atom stereocenters. The number of carbonyl (C=O) groups excluding carboxylic acids is 1. The second kappa shape index (κ2) is 5.93. The number of sulfonamides is 1. The predicted octanol–water partition coefficient (Wildman–Crippen LogP) is 3.27. The molecule has 0 unspecified atom stereocenters. The van der Waals surface area contributed by atoms with Crippen LogP contribution >= 0.6 is 15.9 Å². The molecular formula is C15H12BrFN2O3S. The number of amides is 1. The van der Waals surface area contributed by atoms with E-state index < -0.39 is 15.8 Å². The zero-order valence-corrected chi connectivity index (χ0v) is 14.2. The van der Waals surface area contributed by atoms with Crippen LogP contribution in [0.25, 0.3) is 0 Å². The normalized spacial score (nSPS) is 14.1. The Labute approximate surface area is 141 Å². The lowest BCUT2D eigenvalue weighted by atomic mass is 10.0. The number of rotatable bonds is 3. The van der Waals surface area contributed by atoms with Crippen molar-refractivity contribution in [2.24, 2.45) is 0 Å². The minimum Gasteiger partial charge on any atom is -0.326 e. The van der Waals surface area contributed by atoms with Crippen molar-refractivity contribution >= 4 is 43.2 Å². The van der Waals surface area contributed by atoms with E-state index in [1.165, 1.54) is 24.3 Å². The van der Waals surface area contributed by atoms with E-state index in [2.05, 4.69) is 26.0 Å². The summed E-state index contributed by atoms with van der Waals surface area (Å²) in [6, 6.07) is 8.48. The first-order valence-electron chi connectivity index (χ1n) is 6.76. The van der Waals surface area contributed by atoms with Crippen LogP contribution in [0.15, 0.2) is 45.8 Å². The van der Waals surface area contributed by atoms with Gasteiger partial charge in [0.1, 0.15) is 5.82 Å². The molecule has 0 radical (unpaired) electrons. The lowest BCUT2D eigenvalue weighted by Gasteiger charge is -2.18. The van der Waals surface area contributed by atoms with Gasteiger partial charge in [0.25, 0.3) is 10.0 Å². The predicted molar refractivity (Wildman–Crippen MR) is 88.3 cm³/mol. The second-order valence-electron chi connectivity index (χ2n) is 5.10. The minimum absolute atomic E-state index is 0.0229. The van der Waals surface area contributed by atoms with E-state index >= 15 is 0 Å². The monoisotopic (exact) mass is 398 g/mol. The summed E-state index contributed by atoms with van der Waals surface area (Å²) in [5, 5.41) is 2.68. The highest BCUT2D eigenvalue weighted by Gasteiger charge is 2.21. The van der Waals surface area contributed by atoms with Gasteiger partial charge in [-0.05, 0) is 48.4 Å². The van der Waals surface area contributed by atoms with Gasteiger partial charge in [-0.2, -0.15) is 0 Å². The summed E-state index contributed by atoms with van der Waals surface area (Å²) >= 11 is 3.12. The number of aryl methyl sites for hydroxylation is 1. The van der Waals surface area contributed by atoms with Crippen molar-refractivity contribution in [3.05, 3.63) is 52.3 Å². The number of carbonyl (C=O) groups is 1. The summed E-state index contributed by atoms with van der Waals surface area (Å²) in [4.78, 5) is 11.3. The third-order valence-electron chi connectivity index (χ3n) is 3.46. The van der Waals surface area contributed by atoms with Crippen molar-refractivity contribution in [1.82, 2.24) is 0 Å². The van der Waals surface area contributed by atoms with Gasteiger partial charge in [0.2, 0.25) is 5.91 Å². The van der Waals surface area contributed by atoms with Gasteiger partial charge in [-0.3, -0.25) is 9.52 Å². The highest BCUT2D eigenvalue weighted by molar-refractivity contribution is 9.10. The first kappa shape index (κ1) is 15.9. The average molecular weight is 399 g/mol. The molecule has 1 aliphatic rings. The molecule has 8 heteroatoms. The van der Waals surface area contributed by atoms with Gasteiger partial charge in [0.15, 0.2) is 0 Å². The van der Waals surface area contributed by atoms with E-state index in [0.717, 1.165) is 5.56 Å². The molecule has 1 amide bonds. The van der Waals surface area contributed by atoms with Crippen molar-refractivity contribution in [2.45, 2.75) is 17.7 Å². The molecule has 0 spiro atoms. The number of hydrogen-bond donors (Lipinski definition) is 2. The van der Waals surface area contributed by atoms with Crippen LogP contribution in [-0.2, 0) is 21.2 Å². The lowest BCUT2D eigenvalue weighted by molar-refractivity contribution is -0.116. The molecule has 0 fully saturated rings. The Bertz CT molecular complexity index is 900. The summed E-state index contributed by atoms with van der Waals surface area (Å²) in [6.45, 7) is 0. The average Bonchev–Trinajstić information content (AvgIpc) is 2.49. The van der Waals surface area contributed by atoms with Gasteiger partial charge in [-0.15, -0.1) is 0 Å². The Morgan fingerprint density at radius 1 is 1.13 bits per heavy atom. The molecule has 0 aromatic heterocycles. The Morgan fingerprint density at radius 2 is 1.91 bits per heavy atom. The lowest BCUT2D eigenvalue weighted by Crippen LogP contribution is -2.20. The molecule has 1 aliphatic heterocycles. The fraction of sp³-hybridized carbons (Fsp3) is 0.133. The minimum atomic E-state index is -3.91. The molecule has 0 saturated carbocycles. The van der Waals surface area contributed by atoms with Crippen molar-refractivity contribution in [3.8, 4) is 0 Å². The molecule has 1 heterocycles. The van der Waals surface area contributed by atoms with Crippen LogP contribution in [0.4, 0.5) is 15.8 Å². The van der Waals surface area contributed by atoms with E-state index in [1.54, 1.807) is 12.1 Å². The number of fused-ring (bicyclic) bond motifs is 1. The second-order valence-corrected chi connectivity index (χ2v) is 7.69. The van der Waals surface area contributed by atoms with Gasteiger partial charge >= 0.3 is 0 Å². The van der Waals surface area contributed by atoms with Crippen LogP contribution in [-0.4, -0.2) is 14.3 Å². The van der Waals surface area contributed by atoms with Gasteiger partial charge in [-0.25, -0.2) is 12.8 Å². The van der Waals surface area contributed by atoms with Gasteiger partial charge < -0.3 is 5.32 Å². The van der Waals surface area contributed by atoms with Gasteiger partial charge in [-0.1, -0.05) is 15.9 Å². The molecule has 3 rings (SSSR count). The standard InChI is InChI=1S/C15H12BrFN2O3S/c16-10-2-4-14(12(17)8-10)19-23(21,22)11-3-5-13-9(7-11)1-6-15(20)18-13/h2-5,7-8,19H,1,6H2,(H,18,20). The summed E-state index contributed by atoms with van der Waals surface area (Å²) in [5.74, 6) is -0.767. The van der Waals surface area contributed by atoms with Crippen LogP contribution in [0.1, 0.15) is 12.0 Å². The summed E-state index contributed by atoms with van der Waals surface area (Å²) in [7, 11) is -3.91. The van der Waals surface area contributed by atoms with Crippen molar-refractivity contribution < 1.29 is 17.6 Å². The van der Waals surface area contributed by atoms with Crippen LogP contribution in [0, 0.1) is 5.82 Å². The molecular weight excluding hydrogens is 387 g/mol. The van der Waals surface area contributed by atoms with Crippen LogP contribution in [0.3, 0.4) is 0 Å². The molecule has 0 aliphatic carbocycles. The largest absolute Gasteiger partial charge is 0.326 e. The molecule has 2 aromatic rings. The number of nitrogens with one attached hydrogen (secondary N) is 2. The number of anilines is 2. The van der Waals surface area contributed by atoms with Crippen molar-refractivity contribution in [1.29, 1.82) is 0 Å². The third kappa shape index (κ3) is 3.37. The topological polar surface area (TPSA) is 75.3 Å². The molecule has 5 nitrogen and oxygen atoms in total. The molecule has 2 aromatic carbocycles. The molecule has 2 N–H and O–H groups in total. The third-order valence-corrected chi connectivity index (χ3v) is 5.31. The molecule has 23 heavy (non-hydrogen) atoms. The quantitative estimate of drug-likeness (QED) is 0.832. The highest BCUT2D eigenvalue weighted by atomic mass is 79.9. The van der Waals surface area contributed by atoms with Crippen LogP contribution in [0.2, 0.25) is 0 Å². The maximum atomic E-state index is 13.8. The highest BCUT2D eigenvalue weighted by Crippen LogP contribution is 2.27. The maximum Gasteiger partial charge on any atom is 0.261 e. The zero-order valence-electron chi connectivity index (χ0n) is 11.8. The first-order valence-corrected chi connectivity index (χ1v) is 9.03. The van der Waals surface area contributed by atoms with Crippen LogP contribution in [0.5, 0.6) is 0 Å². The number of hydrogen-bond acceptors (Lipinski definition) is 3. The number of benzene rings is 2. The van der Waals surface area contributed by atoms with E-state index in [9.17, 15) is 17.6 Å². The molecule has 0 saturated heterocycles. The Balaban J connectivity index is 1.92. The summed E-state index contributed by atoms with van der Waals surface area (Å²) in [6.07, 6.45) is 0.780. The Kier molecular flexibility index (Phi) is 4.11. The van der Waals surface area contributed by atoms with Crippen LogP contribution < -0.4 is 10.0 Å². The summed E-state index contributed by atoms with van der Waals surface area (Å²) in [5.41, 5.74) is 1.22. The van der Waals surface area contributed by atoms with E-state index in [-0.39, 0.29) is 16.5 Å². The SMILES string of the molecule is O=C1CCc2cc(S(=O)(=O)Nc3ccc(Br)cc3F)ccc2N1. The van der Waals surface area contributed by atoms with E-state index in [4.69, 9.17) is 0 Å². The van der Waals surface area contributed by atoms with Crippen molar-refractivity contribution in [2.75, 3.05) is 10.0 Å². The smallest absolute Gasteiger partial charge is 0.261 e. The Morgan fingerprint density at radius 3 is 2.65 bits per heavy atom. The maximum absolute atomic E-state index is 13.8. The fourth-order valence-corrected chi connectivity index (χ4v) is 3.75. The van der Waals surface area contributed by atoms with Gasteiger partial charge in [0, 0.05) is 16.6 Å². The first-order chi connectivity index (χ1) is 10.8. The van der Waals surface area contributed by atoms with Gasteiger partial charge in [0.05, 0.1) is 10.6 Å². The number of halogens is 2. The van der Waals surface area contributed by atoms with Crippen molar-refractivity contribution in [3.63, 3.8) is 0 Å². The zero-order chi connectivity index (χ0) is 16.6. The summed E-state index contributed by atoms with van der Waals surface area (Å²) < 4.78 is 41.4.